The highest BCUT2D eigenvalue weighted by Gasteiger charge is 2.18. The lowest BCUT2D eigenvalue weighted by Gasteiger charge is -2.13. The zero-order valence-corrected chi connectivity index (χ0v) is 12.5. The molecule has 0 amide bonds. The third-order valence-corrected chi connectivity index (χ3v) is 3.37. The second-order valence-electron chi connectivity index (χ2n) is 4.92. The standard InChI is InChI=1S/C16H17F2NO3/c1-3-5-6-19-9-11(16(21)22-4-2)15(20)10-7-12(17)13(18)8-14(10)19/h7-9H,3-6H2,1-2H3. The molecule has 0 aliphatic rings. The summed E-state index contributed by atoms with van der Waals surface area (Å²) in [5.41, 5.74) is -0.554. The van der Waals surface area contributed by atoms with Crippen LogP contribution < -0.4 is 5.43 Å². The third kappa shape index (κ3) is 3.00. The van der Waals surface area contributed by atoms with Gasteiger partial charge in [-0.1, -0.05) is 13.3 Å². The van der Waals surface area contributed by atoms with Crippen molar-refractivity contribution in [3.05, 3.63) is 45.8 Å². The molecule has 0 aliphatic carbocycles. The number of pyridine rings is 1. The number of carbonyl (C=O) groups is 1. The zero-order chi connectivity index (χ0) is 16.3. The zero-order valence-electron chi connectivity index (χ0n) is 12.5. The maximum absolute atomic E-state index is 13.5. The highest BCUT2D eigenvalue weighted by molar-refractivity contribution is 5.93. The number of rotatable bonds is 5. The average molecular weight is 309 g/mol. The normalized spacial score (nSPS) is 10.9. The Morgan fingerprint density at radius 2 is 1.91 bits per heavy atom. The molecule has 0 N–H and O–H groups in total. The number of aromatic nitrogens is 1. The second kappa shape index (κ2) is 6.68. The fourth-order valence-electron chi connectivity index (χ4n) is 2.25. The lowest BCUT2D eigenvalue weighted by Crippen LogP contribution is -2.21. The van der Waals surface area contributed by atoms with Gasteiger partial charge in [-0.15, -0.1) is 0 Å². The van der Waals surface area contributed by atoms with Gasteiger partial charge in [-0.3, -0.25) is 4.79 Å². The molecule has 0 spiro atoms. The summed E-state index contributed by atoms with van der Waals surface area (Å²) < 4.78 is 33.4. The monoisotopic (exact) mass is 309 g/mol. The van der Waals surface area contributed by atoms with Crippen LogP contribution in [0.5, 0.6) is 0 Å². The molecule has 0 radical (unpaired) electrons. The first kappa shape index (κ1) is 16.1. The Hall–Kier alpha value is -2.24. The predicted octanol–water partition coefficient (Wildman–Crippen LogP) is 3.26. The van der Waals surface area contributed by atoms with Gasteiger partial charge in [0.25, 0.3) is 0 Å². The van der Waals surface area contributed by atoms with Gasteiger partial charge in [-0.25, -0.2) is 13.6 Å². The summed E-state index contributed by atoms with van der Waals surface area (Å²) in [6, 6.07) is 1.81. The van der Waals surface area contributed by atoms with Crippen LogP contribution in [0.2, 0.25) is 0 Å². The van der Waals surface area contributed by atoms with Gasteiger partial charge in [0.1, 0.15) is 5.56 Å². The van der Waals surface area contributed by atoms with Gasteiger partial charge in [-0.05, 0) is 19.4 Å². The maximum atomic E-state index is 13.5. The Morgan fingerprint density at radius 1 is 1.23 bits per heavy atom. The molecular formula is C16H17F2NO3. The largest absolute Gasteiger partial charge is 0.462 e. The van der Waals surface area contributed by atoms with Gasteiger partial charge in [0.05, 0.1) is 12.1 Å². The lowest BCUT2D eigenvalue weighted by molar-refractivity contribution is 0.0524. The van der Waals surface area contributed by atoms with Crippen molar-refractivity contribution in [2.75, 3.05) is 6.61 Å². The Balaban J connectivity index is 2.73. The minimum atomic E-state index is -1.12. The molecular weight excluding hydrogens is 292 g/mol. The molecule has 2 rings (SSSR count). The molecule has 2 aromatic rings. The fourth-order valence-corrected chi connectivity index (χ4v) is 2.25. The van der Waals surface area contributed by atoms with Crippen molar-refractivity contribution in [1.29, 1.82) is 0 Å². The van der Waals surface area contributed by atoms with Crippen LogP contribution in [-0.4, -0.2) is 17.1 Å². The predicted molar refractivity (Wildman–Crippen MR) is 79.0 cm³/mol. The van der Waals surface area contributed by atoms with Gasteiger partial charge < -0.3 is 9.30 Å². The highest BCUT2D eigenvalue weighted by Crippen LogP contribution is 2.18. The van der Waals surface area contributed by atoms with Crippen molar-refractivity contribution in [1.82, 2.24) is 4.57 Å². The first-order chi connectivity index (χ1) is 10.5. The highest BCUT2D eigenvalue weighted by atomic mass is 19.2. The van der Waals surface area contributed by atoms with E-state index in [0.29, 0.717) is 6.54 Å². The molecule has 118 valence electrons. The summed E-state index contributed by atoms with van der Waals surface area (Å²) in [6.45, 7) is 4.23. The van der Waals surface area contributed by atoms with Crippen LogP contribution >= 0.6 is 0 Å². The minimum Gasteiger partial charge on any atom is -0.462 e. The quantitative estimate of drug-likeness (QED) is 0.797. The van der Waals surface area contributed by atoms with E-state index >= 15 is 0 Å². The van der Waals surface area contributed by atoms with Crippen molar-refractivity contribution in [2.45, 2.75) is 33.2 Å². The number of hydrogen-bond donors (Lipinski definition) is 0. The summed E-state index contributed by atoms with van der Waals surface area (Å²) in [5, 5.41) is -0.0273. The number of esters is 1. The summed E-state index contributed by atoms with van der Waals surface area (Å²) in [6.07, 6.45) is 3.01. The van der Waals surface area contributed by atoms with E-state index in [1.165, 1.54) is 6.20 Å². The SMILES string of the molecule is CCCCn1cc(C(=O)OCC)c(=O)c2cc(F)c(F)cc21. The Morgan fingerprint density at radius 3 is 2.55 bits per heavy atom. The number of hydrogen-bond acceptors (Lipinski definition) is 3. The second-order valence-corrected chi connectivity index (χ2v) is 4.92. The van der Waals surface area contributed by atoms with Crippen molar-refractivity contribution in [3.8, 4) is 0 Å². The number of halogens is 2. The molecule has 0 unspecified atom stereocenters. The number of fused-ring (bicyclic) bond motifs is 1. The van der Waals surface area contributed by atoms with Gasteiger partial charge in [0, 0.05) is 24.2 Å². The van der Waals surface area contributed by atoms with E-state index < -0.39 is 23.0 Å². The van der Waals surface area contributed by atoms with Crippen molar-refractivity contribution in [2.24, 2.45) is 0 Å². The summed E-state index contributed by atoms with van der Waals surface area (Å²) in [5.74, 6) is -2.90. The van der Waals surface area contributed by atoms with Crippen molar-refractivity contribution in [3.63, 3.8) is 0 Å². The first-order valence-electron chi connectivity index (χ1n) is 7.18. The van der Waals surface area contributed by atoms with Crippen molar-refractivity contribution >= 4 is 16.9 Å². The van der Waals surface area contributed by atoms with Crippen LogP contribution in [0.3, 0.4) is 0 Å². The fraction of sp³-hybridized carbons (Fsp3) is 0.375. The number of benzene rings is 1. The molecule has 1 aromatic carbocycles. The summed E-state index contributed by atoms with van der Waals surface area (Å²) in [4.78, 5) is 24.2. The third-order valence-electron chi connectivity index (χ3n) is 3.37. The van der Waals surface area contributed by atoms with Crippen molar-refractivity contribution < 1.29 is 18.3 Å². The van der Waals surface area contributed by atoms with E-state index in [0.717, 1.165) is 25.0 Å². The molecule has 4 nitrogen and oxygen atoms in total. The molecule has 0 saturated heterocycles. The van der Waals surface area contributed by atoms with Crippen LogP contribution in [0.4, 0.5) is 8.78 Å². The lowest BCUT2D eigenvalue weighted by atomic mass is 10.1. The molecule has 0 saturated carbocycles. The number of ether oxygens (including phenoxy) is 1. The average Bonchev–Trinajstić information content (AvgIpc) is 2.49. The first-order valence-corrected chi connectivity index (χ1v) is 7.18. The summed E-state index contributed by atoms with van der Waals surface area (Å²) >= 11 is 0. The van der Waals surface area contributed by atoms with Gasteiger partial charge in [0.15, 0.2) is 11.6 Å². The summed E-state index contributed by atoms with van der Waals surface area (Å²) in [7, 11) is 0. The van der Waals surface area contributed by atoms with E-state index in [-0.39, 0.29) is 23.1 Å². The van der Waals surface area contributed by atoms with Crippen LogP contribution in [0.1, 0.15) is 37.0 Å². The molecule has 0 aliphatic heterocycles. The molecule has 22 heavy (non-hydrogen) atoms. The topological polar surface area (TPSA) is 48.3 Å². The molecule has 0 atom stereocenters. The van der Waals surface area contributed by atoms with Gasteiger partial charge in [-0.2, -0.15) is 0 Å². The molecule has 0 bridgehead atoms. The van der Waals surface area contributed by atoms with Crippen LogP contribution in [0.15, 0.2) is 23.1 Å². The molecule has 1 aromatic heterocycles. The molecule has 0 fully saturated rings. The minimum absolute atomic E-state index is 0.0273. The van der Waals surface area contributed by atoms with Crippen LogP contribution in [-0.2, 0) is 11.3 Å². The smallest absolute Gasteiger partial charge is 0.343 e. The number of carbonyl (C=O) groups excluding carboxylic acids is 1. The van der Waals surface area contributed by atoms with Crippen LogP contribution in [0, 0.1) is 11.6 Å². The molecule has 6 heteroatoms. The number of aryl methyl sites for hydroxylation is 1. The van der Waals surface area contributed by atoms with Gasteiger partial charge >= 0.3 is 5.97 Å². The Bertz CT molecular complexity index is 768. The van der Waals surface area contributed by atoms with Gasteiger partial charge in [0.2, 0.25) is 5.43 Å². The maximum Gasteiger partial charge on any atom is 0.343 e. The Kier molecular flexibility index (Phi) is 4.90. The van der Waals surface area contributed by atoms with E-state index in [2.05, 4.69) is 0 Å². The van der Waals surface area contributed by atoms with E-state index in [9.17, 15) is 18.4 Å². The number of unbranched alkanes of at least 4 members (excludes halogenated alkanes) is 1. The van der Waals surface area contributed by atoms with E-state index in [1.807, 2.05) is 6.92 Å². The molecule has 1 heterocycles. The number of nitrogens with zero attached hydrogens (tertiary/aromatic N) is 1. The Labute approximate surface area is 126 Å². The van der Waals surface area contributed by atoms with Crippen LogP contribution in [0.25, 0.3) is 10.9 Å². The van der Waals surface area contributed by atoms with E-state index in [4.69, 9.17) is 4.74 Å². The van der Waals surface area contributed by atoms with E-state index in [1.54, 1.807) is 11.5 Å².